The van der Waals surface area contributed by atoms with E-state index in [-0.39, 0.29) is 6.54 Å². The molecule has 0 saturated carbocycles. The van der Waals surface area contributed by atoms with E-state index >= 15 is 0 Å². The van der Waals surface area contributed by atoms with Gasteiger partial charge in [0.05, 0.1) is 6.10 Å². The standard InChI is InChI=1S/C8H9NO3/c9-4-8(12)5-1-2-6(10)7(11)3-5/h1-3,8,12H,4,9H2/t8-/m0/s1. The van der Waals surface area contributed by atoms with Crippen LogP contribution in [0.2, 0.25) is 0 Å². The zero-order chi connectivity index (χ0) is 9.14. The second kappa shape index (κ2) is 3.42. The van der Waals surface area contributed by atoms with Crippen molar-refractivity contribution < 1.29 is 14.7 Å². The fourth-order valence-corrected chi connectivity index (χ4v) is 0.868. The van der Waals surface area contributed by atoms with Crippen molar-refractivity contribution in [3.8, 4) is 0 Å². The van der Waals surface area contributed by atoms with Crippen LogP contribution in [0.3, 0.4) is 0 Å². The van der Waals surface area contributed by atoms with Crippen molar-refractivity contribution in [2.45, 2.75) is 6.10 Å². The lowest BCUT2D eigenvalue weighted by Crippen LogP contribution is -2.24. The summed E-state index contributed by atoms with van der Waals surface area (Å²) in [5.41, 5.74) is 5.55. The summed E-state index contributed by atoms with van der Waals surface area (Å²) in [6.07, 6.45) is 2.79. The van der Waals surface area contributed by atoms with Gasteiger partial charge in [-0.1, -0.05) is 6.08 Å². The predicted octanol–water partition coefficient (Wildman–Crippen LogP) is -1.06. The molecule has 1 aliphatic carbocycles. The average molecular weight is 167 g/mol. The highest BCUT2D eigenvalue weighted by Gasteiger charge is 2.16. The summed E-state index contributed by atoms with van der Waals surface area (Å²) in [5.74, 6) is -1.18. The van der Waals surface area contributed by atoms with Crippen LogP contribution in [0, 0.1) is 0 Å². The van der Waals surface area contributed by atoms with Crippen molar-refractivity contribution in [2.24, 2.45) is 5.73 Å². The van der Waals surface area contributed by atoms with E-state index in [9.17, 15) is 14.7 Å². The van der Waals surface area contributed by atoms with Gasteiger partial charge < -0.3 is 10.8 Å². The molecule has 0 fully saturated rings. The highest BCUT2D eigenvalue weighted by atomic mass is 16.3. The minimum Gasteiger partial charge on any atom is -0.387 e. The zero-order valence-corrected chi connectivity index (χ0v) is 6.36. The molecule has 1 rings (SSSR count). The molecule has 0 aromatic heterocycles. The lowest BCUT2D eigenvalue weighted by atomic mass is 10.0. The monoisotopic (exact) mass is 167 g/mol. The predicted molar refractivity (Wildman–Crippen MR) is 42.3 cm³/mol. The molecular formula is C8H9NO3. The molecule has 4 nitrogen and oxygen atoms in total. The third kappa shape index (κ3) is 1.66. The Kier molecular flexibility index (Phi) is 2.52. The molecule has 0 unspecified atom stereocenters. The van der Waals surface area contributed by atoms with Gasteiger partial charge in [0.1, 0.15) is 0 Å². The minimum absolute atomic E-state index is 0.0393. The first-order chi connectivity index (χ1) is 5.65. The Labute approximate surface area is 69.4 Å². The quantitative estimate of drug-likeness (QED) is 0.406. The number of nitrogens with two attached hydrogens (primary N) is 1. The van der Waals surface area contributed by atoms with Crippen molar-refractivity contribution >= 4 is 11.6 Å². The van der Waals surface area contributed by atoms with Gasteiger partial charge in [0.15, 0.2) is 0 Å². The molecule has 4 heteroatoms. The molecule has 0 aliphatic heterocycles. The lowest BCUT2D eigenvalue weighted by Gasteiger charge is -2.10. The van der Waals surface area contributed by atoms with Crippen LogP contribution >= 0.6 is 0 Å². The van der Waals surface area contributed by atoms with E-state index in [2.05, 4.69) is 0 Å². The minimum atomic E-state index is -0.863. The van der Waals surface area contributed by atoms with E-state index in [0.29, 0.717) is 5.57 Å². The first-order valence-corrected chi connectivity index (χ1v) is 3.51. The van der Waals surface area contributed by atoms with Crippen LogP contribution in [-0.4, -0.2) is 29.3 Å². The van der Waals surface area contributed by atoms with Crippen LogP contribution in [0.25, 0.3) is 0 Å². The third-order valence-electron chi connectivity index (χ3n) is 1.58. The van der Waals surface area contributed by atoms with Gasteiger partial charge in [-0.2, -0.15) is 0 Å². The summed E-state index contributed by atoms with van der Waals surface area (Å²) in [4.78, 5) is 21.5. The lowest BCUT2D eigenvalue weighted by molar-refractivity contribution is -0.131. The van der Waals surface area contributed by atoms with Crippen molar-refractivity contribution in [3.63, 3.8) is 0 Å². The molecule has 64 valence electrons. The number of allylic oxidation sites excluding steroid dienone is 2. The van der Waals surface area contributed by atoms with Gasteiger partial charge >= 0.3 is 0 Å². The molecule has 1 atom stereocenters. The maximum atomic E-state index is 10.8. The second-order valence-electron chi connectivity index (χ2n) is 2.46. The van der Waals surface area contributed by atoms with E-state index in [4.69, 9.17) is 5.73 Å². The highest BCUT2D eigenvalue weighted by molar-refractivity contribution is 6.46. The molecular weight excluding hydrogens is 158 g/mol. The molecule has 12 heavy (non-hydrogen) atoms. The van der Waals surface area contributed by atoms with E-state index in [1.54, 1.807) is 0 Å². The van der Waals surface area contributed by atoms with Crippen molar-refractivity contribution in [1.82, 2.24) is 0 Å². The molecule has 0 aromatic rings. The number of aliphatic hydroxyl groups excluding tert-OH is 1. The highest BCUT2D eigenvalue weighted by Crippen LogP contribution is 2.08. The first-order valence-electron chi connectivity index (χ1n) is 3.51. The van der Waals surface area contributed by atoms with Crippen LogP contribution in [0.5, 0.6) is 0 Å². The van der Waals surface area contributed by atoms with Gasteiger partial charge in [-0.05, 0) is 17.7 Å². The Morgan fingerprint density at radius 3 is 2.50 bits per heavy atom. The number of hydrogen-bond donors (Lipinski definition) is 2. The molecule has 0 bridgehead atoms. The Bertz CT molecular complexity index is 278. The number of aliphatic hydroxyl groups is 1. The number of ketones is 2. The van der Waals surface area contributed by atoms with E-state index in [1.807, 2.05) is 0 Å². The Morgan fingerprint density at radius 1 is 1.33 bits per heavy atom. The van der Waals surface area contributed by atoms with Gasteiger partial charge in [0, 0.05) is 6.54 Å². The zero-order valence-electron chi connectivity index (χ0n) is 6.36. The fourth-order valence-electron chi connectivity index (χ4n) is 0.868. The summed E-state index contributed by atoms with van der Waals surface area (Å²) in [7, 11) is 0. The normalized spacial score (nSPS) is 19.3. The number of hydrogen-bond acceptors (Lipinski definition) is 4. The van der Waals surface area contributed by atoms with Crippen molar-refractivity contribution in [3.05, 3.63) is 23.8 Å². The fraction of sp³-hybridized carbons (Fsp3) is 0.250. The third-order valence-corrected chi connectivity index (χ3v) is 1.58. The Balaban J connectivity index is 2.83. The van der Waals surface area contributed by atoms with Gasteiger partial charge in [0.2, 0.25) is 11.6 Å². The summed E-state index contributed by atoms with van der Waals surface area (Å²) < 4.78 is 0. The molecule has 0 heterocycles. The van der Waals surface area contributed by atoms with Crippen LogP contribution < -0.4 is 5.73 Å². The molecule has 0 spiro atoms. The van der Waals surface area contributed by atoms with Crippen molar-refractivity contribution in [2.75, 3.05) is 6.54 Å². The largest absolute Gasteiger partial charge is 0.387 e. The van der Waals surface area contributed by atoms with Crippen LogP contribution in [0.15, 0.2) is 23.8 Å². The van der Waals surface area contributed by atoms with Gasteiger partial charge in [-0.3, -0.25) is 9.59 Å². The van der Waals surface area contributed by atoms with Crippen molar-refractivity contribution in [1.29, 1.82) is 0 Å². The van der Waals surface area contributed by atoms with Crippen LogP contribution in [-0.2, 0) is 9.59 Å². The maximum Gasteiger partial charge on any atom is 0.226 e. The summed E-state index contributed by atoms with van der Waals surface area (Å²) in [5, 5.41) is 9.18. The summed E-state index contributed by atoms with van der Waals surface area (Å²) in [6.45, 7) is 0.0393. The topological polar surface area (TPSA) is 80.4 Å². The number of carbonyl (C=O) groups is 2. The van der Waals surface area contributed by atoms with Crippen LogP contribution in [0.4, 0.5) is 0 Å². The van der Waals surface area contributed by atoms with E-state index in [0.717, 1.165) is 12.2 Å². The molecule has 3 N–H and O–H groups in total. The second-order valence-corrected chi connectivity index (χ2v) is 2.46. The molecule has 0 saturated heterocycles. The van der Waals surface area contributed by atoms with E-state index in [1.165, 1.54) is 6.08 Å². The van der Waals surface area contributed by atoms with E-state index < -0.39 is 17.7 Å². The molecule has 0 aromatic carbocycles. The Morgan fingerprint density at radius 2 is 2.00 bits per heavy atom. The SMILES string of the molecule is NC[C@H](O)C1=CC(=O)C(=O)C=C1. The maximum absolute atomic E-state index is 10.8. The smallest absolute Gasteiger partial charge is 0.226 e. The summed E-state index contributed by atoms with van der Waals surface area (Å²) in [6, 6.07) is 0. The molecule has 0 amide bonds. The van der Waals surface area contributed by atoms with Gasteiger partial charge in [-0.15, -0.1) is 0 Å². The van der Waals surface area contributed by atoms with Gasteiger partial charge in [-0.25, -0.2) is 0 Å². The molecule has 1 aliphatic rings. The van der Waals surface area contributed by atoms with Gasteiger partial charge in [0.25, 0.3) is 0 Å². The van der Waals surface area contributed by atoms with Crippen LogP contribution in [0.1, 0.15) is 0 Å². The number of carbonyl (C=O) groups excluding carboxylic acids is 2. The number of rotatable bonds is 2. The molecule has 0 radical (unpaired) electrons. The Hall–Kier alpha value is -1.26. The summed E-state index contributed by atoms with van der Waals surface area (Å²) >= 11 is 0. The first kappa shape index (κ1) is 8.83. The average Bonchev–Trinajstić information content (AvgIpc) is 2.08.